The highest BCUT2D eigenvalue weighted by molar-refractivity contribution is 14.1. The second kappa shape index (κ2) is 7.83. The third kappa shape index (κ3) is 3.61. The molecule has 4 nitrogen and oxygen atoms in total. The molecule has 2 aliphatic rings. The van der Waals surface area contributed by atoms with E-state index in [-0.39, 0.29) is 12.1 Å². The molecule has 6 heteroatoms. The second-order valence-corrected chi connectivity index (χ2v) is 8.83. The number of hydrogen-bond acceptors (Lipinski definition) is 2. The summed E-state index contributed by atoms with van der Waals surface area (Å²) in [4.78, 5) is 12.4. The van der Waals surface area contributed by atoms with Crippen LogP contribution in [-0.2, 0) is 6.42 Å². The summed E-state index contributed by atoms with van der Waals surface area (Å²) in [6.45, 7) is 4.18. The number of hydrogen-bond donors (Lipinski definition) is 2. The summed E-state index contributed by atoms with van der Waals surface area (Å²) in [6, 6.07) is 12.2. The summed E-state index contributed by atoms with van der Waals surface area (Å²) in [5.41, 5.74) is 5.70. The topological polar surface area (TPSA) is 50.4 Å². The van der Waals surface area contributed by atoms with Crippen LogP contribution in [0.2, 0.25) is 0 Å². The maximum atomic E-state index is 12.4. The SMILES string of the molecule is C=CCOc1c(I)cc(C2NC(=O)NC3=C2CCc2ccccc23)cc1I. The largest absolute Gasteiger partial charge is 0.487 e. The molecule has 27 heavy (non-hydrogen) atoms. The first-order valence-electron chi connectivity index (χ1n) is 8.70. The van der Waals surface area contributed by atoms with E-state index in [2.05, 4.69) is 92.7 Å². The van der Waals surface area contributed by atoms with E-state index in [0.29, 0.717) is 6.61 Å². The van der Waals surface area contributed by atoms with Crippen molar-refractivity contribution in [1.29, 1.82) is 0 Å². The first-order valence-corrected chi connectivity index (χ1v) is 10.9. The number of halogens is 2. The van der Waals surface area contributed by atoms with Gasteiger partial charge in [0.2, 0.25) is 0 Å². The molecule has 2 N–H and O–H groups in total. The van der Waals surface area contributed by atoms with E-state index in [9.17, 15) is 4.79 Å². The summed E-state index contributed by atoms with van der Waals surface area (Å²) in [7, 11) is 0. The zero-order valence-electron chi connectivity index (χ0n) is 14.5. The Morgan fingerprint density at radius 1 is 1.19 bits per heavy atom. The Balaban J connectivity index is 1.78. The lowest BCUT2D eigenvalue weighted by molar-refractivity contribution is 0.240. The van der Waals surface area contributed by atoms with E-state index >= 15 is 0 Å². The Labute approximate surface area is 185 Å². The molecule has 1 unspecified atom stereocenters. The van der Waals surface area contributed by atoms with Gasteiger partial charge in [0.05, 0.1) is 18.9 Å². The van der Waals surface area contributed by atoms with Gasteiger partial charge in [-0.25, -0.2) is 4.79 Å². The minimum absolute atomic E-state index is 0.127. The molecule has 0 saturated carbocycles. The van der Waals surface area contributed by atoms with E-state index in [1.165, 1.54) is 11.1 Å². The van der Waals surface area contributed by atoms with Crippen LogP contribution in [0.25, 0.3) is 5.70 Å². The van der Waals surface area contributed by atoms with E-state index in [1.54, 1.807) is 6.08 Å². The molecule has 0 fully saturated rings. The van der Waals surface area contributed by atoms with Gasteiger partial charge in [-0.15, -0.1) is 0 Å². The van der Waals surface area contributed by atoms with Gasteiger partial charge in [-0.2, -0.15) is 0 Å². The van der Waals surface area contributed by atoms with Gasteiger partial charge >= 0.3 is 6.03 Å². The number of aryl methyl sites for hydroxylation is 1. The van der Waals surface area contributed by atoms with Gasteiger partial charge in [0.15, 0.2) is 0 Å². The Morgan fingerprint density at radius 2 is 1.93 bits per heavy atom. The van der Waals surface area contributed by atoms with Crippen LogP contribution in [0.3, 0.4) is 0 Å². The maximum Gasteiger partial charge on any atom is 0.319 e. The van der Waals surface area contributed by atoms with E-state index in [1.807, 2.05) is 6.07 Å². The first-order chi connectivity index (χ1) is 13.1. The molecule has 1 aliphatic heterocycles. The van der Waals surface area contributed by atoms with Gasteiger partial charge in [-0.3, -0.25) is 0 Å². The number of rotatable bonds is 4. The minimum Gasteiger partial charge on any atom is -0.487 e. The van der Waals surface area contributed by atoms with Crippen molar-refractivity contribution in [3.8, 4) is 5.75 Å². The zero-order valence-corrected chi connectivity index (χ0v) is 18.8. The van der Waals surface area contributed by atoms with Gasteiger partial charge in [-0.05, 0) is 86.9 Å². The highest BCUT2D eigenvalue weighted by atomic mass is 127. The number of benzene rings is 2. The number of urea groups is 1. The summed E-state index contributed by atoms with van der Waals surface area (Å²) >= 11 is 4.58. The molecule has 2 aromatic carbocycles. The predicted molar refractivity (Wildman–Crippen MR) is 124 cm³/mol. The Hall–Kier alpha value is -1.55. The first kappa shape index (κ1) is 18.8. The smallest absolute Gasteiger partial charge is 0.319 e. The second-order valence-electron chi connectivity index (χ2n) is 6.50. The lowest BCUT2D eigenvalue weighted by Gasteiger charge is -2.34. The molecular weight excluding hydrogens is 566 g/mol. The van der Waals surface area contributed by atoms with Crippen molar-refractivity contribution in [2.75, 3.05) is 6.61 Å². The van der Waals surface area contributed by atoms with E-state index in [0.717, 1.165) is 42.6 Å². The average molecular weight is 584 g/mol. The molecule has 0 bridgehead atoms. The van der Waals surface area contributed by atoms with Crippen LogP contribution in [0.15, 0.2) is 54.6 Å². The van der Waals surface area contributed by atoms with Crippen LogP contribution < -0.4 is 15.4 Å². The molecule has 0 radical (unpaired) electrons. The zero-order chi connectivity index (χ0) is 19.0. The quantitative estimate of drug-likeness (QED) is 0.385. The normalized spacial score (nSPS) is 18.1. The molecule has 2 aromatic rings. The van der Waals surface area contributed by atoms with Crippen LogP contribution in [0.5, 0.6) is 5.75 Å². The Kier molecular flexibility index (Phi) is 5.45. The van der Waals surface area contributed by atoms with Crippen molar-refractivity contribution in [2.24, 2.45) is 0 Å². The van der Waals surface area contributed by atoms with Crippen LogP contribution in [-0.4, -0.2) is 12.6 Å². The summed E-state index contributed by atoms with van der Waals surface area (Å²) in [5, 5.41) is 6.14. The van der Waals surface area contributed by atoms with E-state index in [4.69, 9.17) is 4.74 Å². The van der Waals surface area contributed by atoms with Crippen LogP contribution in [0.4, 0.5) is 4.79 Å². The minimum atomic E-state index is -0.160. The van der Waals surface area contributed by atoms with E-state index < -0.39 is 0 Å². The highest BCUT2D eigenvalue weighted by Crippen LogP contribution is 2.40. The molecule has 0 aromatic heterocycles. The molecule has 4 rings (SSSR count). The van der Waals surface area contributed by atoms with Gasteiger partial charge in [0, 0.05) is 5.56 Å². The van der Waals surface area contributed by atoms with Crippen molar-refractivity contribution in [3.63, 3.8) is 0 Å². The van der Waals surface area contributed by atoms with Gasteiger partial charge in [0.1, 0.15) is 12.4 Å². The molecule has 0 spiro atoms. The highest BCUT2D eigenvalue weighted by Gasteiger charge is 2.32. The standard InChI is InChI=1S/C21H18I2N2O2/c1-2-9-27-20-16(22)10-13(11-17(20)23)18-15-8-7-12-5-3-4-6-14(12)19(15)25-21(26)24-18/h2-6,10-11,18H,1,7-9H2,(H2,24,25,26). The maximum absolute atomic E-state index is 12.4. The van der Waals surface area contributed by atoms with Gasteiger partial charge < -0.3 is 15.4 Å². The lowest BCUT2D eigenvalue weighted by atomic mass is 9.83. The van der Waals surface area contributed by atoms with Crippen LogP contribution in [0.1, 0.15) is 29.2 Å². The van der Waals surface area contributed by atoms with Crippen molar-refractivity contribution in [1.82, 2.24) is 10.6 Å². The Bertz CT molecular complexity index is 945. The van der Waals surface area contributed by atoms with Crippen molar-refractivity contribution < 1.29 is 9.53 Å². The number of carbonyl (C=O) groups excluding carboxylic acids is 1. The summed E-state index contributed by atoms with van der Waals surface area (Å²) in [5.74, 6) is 0.864. The van der Waals surface area contributed by atoms with Gasteiger partial charge in [-0.1, -0.05) is 36.9 Å². The molecule has 0 saturated heterocycles. The van der Waals surface area contributed by atoms with Crippen molar-refractivity contribution in [3.05, 3.63) is 78.5 Å². The molecule has 1 aliphatic carbocycles. The average Bonchev–Trinajstić information content (AvgIpc) is 2.66. The molecule has 1 atom stereocenters. The fourth-order valence-corrected chi connectivity index (χ4v) is 5.79. The summed E-state index contributed by atoms with van der Waals surface area (Å²) in [6.07, 6.45) is 3.65. The van der Waals surface area contributed by atoms with Gasteiger partial charge in [0.25, 0.3) is 0 Å². The number of ether oxygens (including phenoxy) is 1. The number of amides is 2. The fraction of sp³-hybridized carbons (Fsp3) is 0.190. The Morgan fingerprint density at radius 3 is 2.67 bits per heavy atom. The third-order valence-electron chi connectivity index (χ3n) is 4.83. The lowest BCUT2D eigenvalue weighted by Crippen LogP contribution is -2.44. The molecular formula is C21H18I2N2O2. The predicted octanol–water partition coefficient (Wildman–Crippen LogP) is 5.17. The molecule has 1 heterocycles. The van der Waals surface area contributed by atoms with Crippen LogP contribution in [0, 0.1) is 7.14 Å². The van der Waals surface area contributed by atoms with Crippen molar-refractivity contribution in [2.45, 2.75) is 18.9 Å². The fourth-order valence-electron chi connectivity index (χ4n) is 3.66. The number of carbonyl (C=O) groups is 1. The third-order valence-corrected chi connectivity index (χ3v) is 6.44. The van der Waals surface area contributed by atoms with Crippen LogP contribution >= 0.6 is 45.2 Å². The number of nitrogens with one attached hydrogen (secondary N) is 2. The van der Waals surface area contributed by atoms with Crippen molar-refractivity contribution >= 4 is 56.9 Å². The number of fused-ring (bicyclic) bond motifs is 2. The molecule has 2 amide bonds. The summed E-state index contributed by atoms with van der Waals surface area (Å²) < 4.78 is 7.85. The molecule has 138 valence electrons. The monoisotopic (exact) mass is 584 g/mol.